The zero-order valence-electron chi connectivity index (χ0n) is 20.3. The second-order valence-electron chi connectivity index (χ2n) is 8.60. The van der Waals surface area contributed by atoms with Gasteiger partial charge in [0.05, 0.1) is 22.5 Å². The fraction of sp³-hybridized carbons (Fsp3) is 0.417. The van der Waals surface area contributed by atoms with Crippen LogP contribution in [0.15, 0.2) is 48.5 Å². The van der Waals surface area contributed by atoms with Crippen molar-refractivity contribution in [3.8, 4) is 0 Å². The second kappa shape index (κ2) is 12.0. The number of hydrogen-bond acceptors (Lipinski definition) is 4. The third kappa shape index (κ3) is 8.12. The molecule has 0 aliphatic heterocycles. The van der Waals surface area contributed by atoms with E-state index in [1.54, 1.807) is 13.8 Å². The lowest BCUT2D eigenvalue weighted by atomic mass is 10.1. The van der Waals surface area contributed by atoms with Crippen LogP contribution in [0.2, 0.25) is 5.02 Å². The first-order chi connectivity index (χ1) is 16.6. The molecule has 1 atom stereocenters. The van der Waals surface area contributed by atoms with E-state index in [0.29, 0.717) is 16.8 Å². The maximum Gasteiger partial charge on any atom is 0.416 e. The summed E-state index contributed by atoms with van der Waals surface area (Å²) < 4.78 is 65.5. The molecular formula is C24H29ClF3N3O4S. The van der Waals surface area contributed by atoms with E-state index in [4.69, 9.17) is 11.6 Å². The molecule has 2 aromatic carbocycles. The molecule has 0 bridgehead atoms. The molecule has 1 unspecified atom stereocenters. The van der Waals surface area contributed by atoms with Gasteiger partial charge >= 0.3 is 6.18 Å². The molecule has 0 spiro atoms. The molecule has 2 rings (SSSR count). The zero-order valence-corrected chi connectivity index (χ0v) is 21.9. The number of nitrogens with zero attached hydrogens (tertiary/aromatic N) is 2. The van der Waals surface area contributed by atoms with Crippen molar-refractivity contribution in [2.75, 3.05) is 23.7 Å². The van der Waals surface area contributed by atoms with E-state index in [1.165, 1.54) is 11.8 Å². The molecule has 0 saturated heterocycles. The van der Waals surface area contributed by atoms with Gasteiger partial charge in [0.1, 0.15) is 12.6 Å². The fourth-order valence-corrected chi connectivity index (χ4v) is 4.57. The van der Waals surface area contributed by atoms with Crippen molar-refractivity contribution in [3.63, 3.8) is 0 Å². The Balaban J connectivity index is 2.43. The minimum Gasteiger partial charge on any atom is -0.352 e. The molecule has 12 heteroatoms. The van der Waals surface area contributed by atoms with Gasteiger partial charge in [-0.15, -0.1) is 0 Å². The van der Waals surface area contributed by atoms with Crippen LogP contribution in [-0.4, -0.2) is 56.6 Å². The minimum absolute atomic E-state index is 0.0729. The molecule has 7 nitrogen and oxygen atoms in total. The number of hydrogen-bond donors (Lipinski definition) is 1. The van der Waals surface area contributed by atoms with E-state index in [2.05, 4.69) is 5.32 Å². The number of carbonyl (C=O) groups is 2. The summed E-state index contributed by atoms with van der Waals surface area (Å²) in [5, 5.41) is 2.44. The number of carbonyl (C=O) groups excluding carboxylic acids is 2. The van der Waals surface area contributed by atoms with Crippen LogP contribution >= 0.6 is 11.6 Å². The van der Waals surface area contributed by atoms with Gasteiger partial charge in [0.25, 0.3) is 0 Å². The second-order valence-corrected chi connectivity index (χ2v) is 10.9. The first kappa shape index (κ1) is 29.4. The number of nitrogens with one attached hydrogen (secondary N) is 1. The number of benzene rings is 2. The Morgan fingerprint density at radius 3 is 2.19 bits per heavy atom. The van der Waals surface area contributed by atoms with E-state index in [1.807, 2.05) is 30.3 Å². The Kier molecular flexibility index (Phi) is 9.78. The molecule has 0 heterocycles. The van der Waals surface area contributed by atoms with Crippen LogP contribution in [0, 0.1) is 0 Å². The number of halogens is 4. The normalized spacial score (nSPS) is 12.8. The first-order valence-electron chi connectivity index (χ1n) is 11.1. The summed E-state index contributed by atoms with van der Waals surface area (Å²) in [6.45, 7) is 4.24. The lowest BCUT2D eigenvalue weighted by Gasteiger charge is -2.32. The summed E-state index contributed by atoms with van der Waals surface area (Å²) in [6.07, 6.45) is -3.62. The summed E-state index contributed by atoms with van der Waals surface area (Å²) >= 11 is 6.06. The highest BCUT2D eigenvalue weighted by Crippen LogP contribution is 2.36. The highest BCUT2D eigenvalue weighted by Gasteiger charge is 2.34. The predicted octanol–water partition coefficient (Wildman–Crippen LogP) is 4.11. The Bertz CT molecular complexity index is 1170. The van der Waals surface area contributed by atoms with Crippen LogP contribution in [0.1, 0.15) is 31.9 Å². The average Bonchev–Trinajstić information content (AvgIpc) is 2.76. The van der Waals surface area contributed by atoms with Crippen molar-refractivity contribution in [1.29, 1.82) is 0 Å². The van der Waals surface area contributed by atoms with Gasteiger partial charge in [-0.3, -0.25) is 13.9 Å². The topological polar surface area (TPSA) is 86.8 Å². The fourth-order valence-electron chi connectivity index (χ4n) is 3.45. The molecule has 2 amide bonds. The Labute approximate surface area is 214 Å². The molecule has 2 aromatic rings. The summed E-state index contributed by atoms with van der Waals surface area (Å²) in [5.41, 5.74) is -0.717. The standard InChI is InChI=1S/C24H29ClF3N3O4S/c1-16(2)29-23(33)17(3)30(13-12-18-8-6-5-7-9-18)22(32)15-31(36(4,34)35)21-14-19(24(26,27)28)10-11-20(21)25/h5-11,14,16-17H,12-13,15H2,1-4H3,(H,29,33). The monoisotopic (exact) mass is 547 g/mol. The minimum atomic E-state index is -4.75. The Morgan fingerprint density at radius 1 is 1.06 bits per heavy atom. The zero-order chi connectivity index (χ0) is 27.3. The SMILES string of the molecule is CC(C)NC(=O)C(C)N(CCc1ccccc1)C(=O)CN(c1cc(C(F)(F)F)ccc1Cl)S(C)(=O)=O. The molecule has 0 saturated carbocycles. The van der Waals surface area contributed by atoms with Crippen LogP contribution in [0.25, 0.3) is 0 Å². The van der Waals surface area contributed by atoms with Crippen molar-refractivity contribution in [2.45, 2.75) is 45.5 Å². The summed E-state index contributed by atoms with van der Waals surface area (Å²) in [7, 11) is -4.23. The Morgan fingerprint density at radius 2 is 1.67 bits per heavy atom. The number of alkyl halides is 3. The van der Waals surface area contributed by atoms with Crippen LogP contribution < -0.4 is 9.62 Å². The third-order valence-corrected chi connectivity index (χ3v) is 6.75. The molecule has 0 radical (unpaired) electrons. The number of anilines is 1. The van der Waals surface area contributed by atoms with Crippen LogP contribution in [-0.2, 0) is 32.2 Å². The van der Waals surface area contributed by atoms with Gasteiger partial charge in [-0.25, -0.2) is 8.42 Å². The van der Waals surface area contributed by atoms with E-state index in [0.717, 1.165) is 24.0 Å². The smallest absolute Gasteiger partial charge is 0.352 e. The van der Waals surface area contributed by atoms with Crippen molar-refractivity contribution >= 4 is 39.1 Å². The average molecular weight is 548 g/mol. The molecule has 0 aliphatic carbocycles. The van der Waals surface area contributed by atoms with Gasteiger partial charge in [0.15, 0.2) is 0 Å². The highest BCUT2D eigenvalue weighted by molar-refractivity contribution is 7.92. The summed E-state index contributed by atoms with van der Waals surface area (Å²) in [6, 6.07) is 10.2. The van der Waals surface area contributed by atoms with Gasteiger partial charge in [0.2, 0.25) is 21.8 Å². The van der Waals surface area contributed by atoms with Crippen LogP contribution in [0.3, 0.4) is 0 Å². The van der Waals surface area contributed by atoms with Crippen molar-refractivity contribution < 1.29 is 31.2 Å². The maximum atomic E-state index is 13.4. The summed E-state index contributed by atoms with van der Waals surface area (Å²) in [5.74, 6) is -1.22. The van der Waals surface area contributed by atoms with Crippen molar-refractivity contribution in [2.24, 2.45) is 0 Å². The van der Waals surface area contributed by atoms with E-state index in [9.17, 15) is 31.2 Å². The van der Waals surface area contributed by atoms with Gasteiger partial charge in [-0.1, -0.05) is 41.9 Å². The van der Waals surface area contributed by atoms with E-state index in [-0.39, 0.29) is 17.6 Å². The molecule has 36 heavy (non-hydrogen) atoms. The molecule has 0 aromatic heterocycles. The summed E-state index contributed by atoms with van der Waals surface area (Å²) in [4.78, 5) is 27.3. The van der Waals surface area contributed by atoms with Crippen molar-refractivity contribution in [3.05, 3.63) is 64.7 Å². The van der Waals surface area contributed by atoms with E-state index < -0.39 is 51.9 Å². The quantitative estimate of drug-likeness (QED) is 0.485. The number of rotatable bonds is 10. The molecule has 198 valence electrons. The first-order valence-corrected chi connectivity index (χ1v) is 13.3. The largest absolute Gasteiger partial charge is 0.416 e. The van der Waals surface area contributed by atoms with Crippen LogP contribution in [0.5, 0.6) is 0 Å². The highest BCUT2D eigenvalue weighted by atomic mass is 35.5. The van der Waals surface area contributed by atoms with Crippen LogP contribution in [0.4, 0.5) is 18.9 Å². The molecule has 0 fully saturated rings. The third-order valence-electron chi connectivity index (χ3n) is 5.30. The van der Waals surface area contributed by atoms with Gasteiger partial charge in [-0.05, 0) is 51.0 Å². The Hall–Kier alpha value is -2.79. The lowest BCUT2D eigenvalue weighted by Crippen LogP contribution is -2.53. The number of sulfonamides is 1. The van der Waals surface area contributed by atoms with Gasteiger partial charge in [-0.2, -0.15) is 13.2 Å². The van der Waals surface area contributed by atoms with Gasteiger partial charge < -0.3 is 10.2 Å². The molecule has 1 N–H and O–H groups in total. The van der Waals surface area contributed by atoms with E-state index >= 15 is 0 Å². The predicted molar refractivity (Wildman–Crippen MR) is 133 cm³/mol. The maximum absolute atomic E-state index is 13.4. The molecular weight excluding hydrogens is 519 g/mol. The lowest BCUT2D eigenvalue weighted by molar-refractivity contribution is -0.139. The number of amides is 2. The van der Waals surface area contributed by atoms with Gasteiger partial charge in [0, 0.05) is 12.6 Å². The molecule has 0 aliphatic rings. The van der Waals surface area contributed by atoms with Crippen molar-refractivity contribution in [1.82, 2.24) is 10.2 Å².